The van der Waals surface area contributed by atoms with Crippen LogP contribution in [0.3, 0.4) is 0 Å². The molecule has 0 radical (unpaired) electrons. The van der Waals surface area contributed by atoms with Crippen LogP contribution in [-0.4, -0.2) is 43.6 Å². The van der Waals surface area contributed by atoms with Crippen molar-refractivity contribution in [1.29, 1.82) is 0 Å². The quantitative estimate of drug-likeness (QED) is 0.664. The fourth-order valence-electron chi connectivity index (χ4n) is 2.86. The molecule has 0 saturated carbocycles. The van der Waals surface area contributed by atoms with Gasteiger partial charge in [0, 0.05) is 23.7 Å². The fourth-order valence-corrected chi connectivity index (χ4v) is 3.73. The average Bonchev–Trinajstić information content (AvgIpc) is 3.23. The predicted octanol–water partition coefficient (Wildman–Crippen LogP) is 3.43. The van der Waals surface area contributed by atoms with Gasteiger partial charge in [0.2, 0.25) is 11.7 Å². The highest BCUT2D eigenvalue weighted by Crippen LogP contribution is 2.30. The summed E-state index contributed by atoms with van der Waals surface area (Å²) in [4.78, 5) is 19.5. The molecule has 1 aliphatic rings. The number of hydrogen-bond acceptors (Lipinski definition) is 7. The van der Waals surface area contributed by atoms with Crippen molar-refractivity contribution in [3.8, 4) is 11.4 Å². The van der Waals surface area contributed by atoms with E-state index < -0.39 is 0 Å². The van der Waals surface area contributed by atoms with Crippen LogP contribution in [0.15, 0.2) is 28.8 Å². The van der Waals surface area contributed by atoms with Crippen LogP contribution in [0.5, 0.6) is 0 Å². The average molecular weight is 390 g/mol. The van der Waals surface area contributed by atoms with Gasteiger partial charge in [-0.3, -0.25) is 4.79 Å². The summed E-state index contributed by atoms with van der Waals surface area (Å²) in [6.07, 6.45) is 1.70. The topological polar surface area (TPSA) is 85.0 Å². The summed E-state index contributed by atoms with van der Waals surface area (Å²) in [7, 11) is 0. The summed E-state index contributed by atoms with van der Waals surface area (Å²) in [6, 6.07) is 7.30. The van der Waals surface area contributed by atoms with Gasteiger partial charge in [0.15, 0.2) is 0 Å². The van der Waals surface area contributed by atoms with Crippen LogP contribution >= 0.6 is 23.1 Å². The van der Waals surface area contributed by atoms with Crippen molar-refractivity contribution >= 4 is 29.0 Å². The Morgan fingerprint density at radius 3 is 3.04 bits per heavy atom. The van der Waals surface area contributed by atoms with Crippen LogP contribution in [0.1, 0.15) is 40.5 Å². The molecule has 1 amide bonds. The number of rotatable bonds is 5. The standard InChI is InChI=1S/C17H16ClN5O2S/c1-2-4-13-14(26-22-20-13)17(24)23-8-11(9-23)16-19-15(21-25-16)10-5-3-6-12(18)7-10/h3,5-7,11H,2,4,8-9H2,1H3. The van der Waals surface area contributed by atoms with Crippen molar-refractivity contribution in [2.45, 2.75) is 25.7 Å². The zero-order chi connectivity index (χ0) is 18.1. The number of carbonyl (C=O) groups is 1. The third-order valence-corrected chi connectivity index (χ3v) is 5.27. The molecule has 1 aromatic carbocycles. The van der Waals surface area contributed by atoms with E-state index in [0.717, 1.165) is 35.6 Å². The molecule has 3 heterocycles. The third kappa shape index (κ3) is 3.22. The molecule has 0 aliphatic carbocycles. The highest BCUT2D eigenvalue weighted by molar-refractivity contribution is 7.08. The lowest BCUT2D eigenvalue weighted by Gasteiger charge is -2.36. The largest absolute Gasteiger partial charge is 0.339 e. The molecule has 3 aromatic rings. The van der Waals surface area contributed by atoms with E-state index in [1.54, 1.807) is 17.0 Å². The lowest BCUT2D eigenvalue weighted by atomic mass is 9.99. The van der Waals surface area contributed by atoms with Crippen LogP contribution in [0.2, 0.25) is 5.02 Å². The summed E-state index contributed by atoms with van der Waals surface area (Å²) in [5.74, 6) is 1.08. The Bertz CT molecular complexity index is 935. The molecule has 7 nitrogen and oxygen atoms in total. The van der Waals surface area contributed by atoms with Crippen molar-refractivity contribution in [1.82, 2.24) is 24.6 Å². The third-order valence-electron chi connectivity index (χ3n) is 4.28. The lowest BCUT2D eigenvalue weighted by molar-refractivity contribution is 0.0573. The summed E-state index contributed by atoms with van der Waals surface area (Å²) >= 11 is 7.16. The molecule has 26 heavy (non-hydrogen) atoms. The highest BCUT2D eigenvalue weighted by atomic mass is 35.5. The lowest BCUT2D eigenvalue weighted by Crippen LogP contribution is -2.48. The van der Waals surface area contributed by atoms with Crippen molar-refractivity contribution in [2.24, 2.45) is 0 Å². The van der Waals surface area contributed by atoms with E-state index in [1.807, 2.05) is 12.1 Å². The van der Waals surface area contributed by atoms with Gasteiger partial charge in [0.1, 0.15) is 4.88 Å². The summed E-state index contributed by atoms with van der Waals surface area (Å²) < 4.78 is 9.30. The molecule has 1 aliphatic heterocycles. The second-order valence-electron chi connectivity index (χ2n) is 6.17. The first-order chi connectivity index (χ1) is 12.7. The number of aryl methyl sites for hydroxylation is 1. The van der Waals surface area contributed by atoms with E-state index in [9.17, 15) is 4.79 Å². The Morgan fingerprint density at radius 1 is 1.42 bits per heavy atom. The molecule has 0 spiro atoms. The maximum atomic E-state index is 12.6. The number of hydrogen-bond donors (Lipinski definition) is 0. The minimum Gasteiger partial charge on any atom is -0.339 e. The molecule has 134 valence electrons. The van der Waals surface area contributed by atoms with Crippen LogP contribution in [0.4, 0.5) is 0 Å². The molecule has 0 N–H and O–H groups in total. The number of halogens is 1. The normalized spacial score (nSPS) is 14.5. The first kappa shape index (κ1) is 17.1. The molecule has 9 heteroatoms. The number of aromatic nitrogens is 4. The van der Waals surface area contributed by atoms with E-state index in [0.29, 0.717) is 34.7 Å². The Morgan fingerprint density at radius 2 is 2.27 bits per heavy atom. The number of amides is 1. The van der Waals surface area contributed by atoms with Gasteiger partial charge in [-0.15, -0.1) is 5.10 Å². The molecule has 2 aromatic heterocycles. The van der Waals surface area contributed by atoms with E-state index in [2.05, 4.69) is 26.7 Å². The number of nitrogens with zero attached hydrogens (tertiary/aromatic N) is 5. The smallest absolute Gasteiger partial charge is 0.267 e. The van der Waals surface area contributed by atoms with Crippen molar-refractivity contribution in [2.75, 3.05) is 13.1 Å². The fraction of sp³-hybridized carbons (Fsp3) is 0.353. The van der Waals surface area contributed by atoms with Gasteiger partial charge in [-0.1, -0.05) is 46.7 Å². The Hall–Kier alpha value is -2.32. The molecule has 0 unspecified atom stereocenters. The van der Waals surface area contributed by atoms with Gasteiger partial charge in [-0.2, -0.15) is 4.98 Å². The van der Waals surface area contributed by atoms with E-state index in [-0.39, 0.29) is 11.8 Å². The summed E-state index contributed by atoms with van der Waals surface area (Å²) in [6.45, 7) is 3.17. The molecule has 1 fully saturated rings. The molecular weight excluding hydrogens is 374 g/mol. The van der Waals surface area contributed by atoms with Crippen molar-refractivity contribution in [3.05, 3.63) is 45.7 Å². The van der Waals surface area contributed by atoms with Gasteiger partial charge >= 0.3 is 0 Å². The SMILES string of the molecule is CCCc1nnsc1C(=O)N1CC(c2nc(-c3cccc(Cl)c3)no2)C1. The second kappa shape index (κ2) is 7.13. The molecular formula is C17H16ClN5O2S. The second-order valence-corrected chi connectivity index (χ2v) is 7.36. The van der Waals surface area contributed by atoms with Crippen molar-refractivity contribution < 1.29 is 9.32 Å². The monoisotopic (exact) mass is 389 g/mol. The minimum absolute atomic E-state index is 0.0192. The molecule has 1 saturated heterocycles. The first-order valence-corrected chi connectivity index (χ1v) is 9.51. The summed E-state index contributed by atoms with van der Waals surface area (Å²) in [5, 5.41) is 8.70. The van der Waals surface area contributed by atoms with Gasteiger partial charge in [-0.05, 0) is 30.1 Å². The maximum absolute atomic E-state index is 12.6. The molecule has 0 atom stereocenters. The summed E-state index contributed by atoms with van der Waals surface area (Å²) in [5.41, 5.74) is 1.59. The van der Waals surface area contributed by atoms with E-state index in [1.165, 1.54) is 0 Å². The Balaban J connectivity index is 1.42. The number of likely N-dealkylation sites (tertiary alicyclic amines) is 1. The van der Waals surface area contributed by atoms with Gasteiger partial charge in [0.25, 0.3) is 5.91 Å². The van der Waals surface area contributed by atoms with Crippen LogP contribution in [-0.2, 0) is 6.42 Å². The minimum atomic E-state index is -0.0192. The molecule has 4 rings (SSSR count). The Labute approximate surface area is 159 Å². The van der Waals surface area contributed by atoms with E-state index in [4.69, 9.17) is 16.1 Å². The number of benzene rings is 1. The van der Waals surface area contributed by atoms with E-state index >= 15 is 0 Å². The first-order valence-electron chi connectivity index (χ1n) is 8.35. The molecule has 0 bridgehead atoms. The maximum Gasteiger partial charge on any atom is 0.267 e. The van der Waals surface area contributed by atoms with Crippen LogP contribution in [0, 0.1) is 0 Å². The zero-order valence-electron chi connectivity index (χ0n) is 14.1. The van der Waals surface area contributed by atoms with Crippen molar-refractivity contribution in [3.63, 3.8) is 0 Å². The predicted molar refractivity (Wildman–Crippen MR) is 97.3 cm³/mol. The van der Waals surface area contributed by atoms with Gasteiger partial charge < -0.3 is 9.42 Å². The zero-order valence-corrected chi connectivity index (χ0v) is 15.6. The number of carbonyl (C=O) groups excluding carboxylic acids is 1. The van der Waals surface area contributed by atoms with Crippen LogP contribution < -0.4 is 0 Å². The highest BCUT2D eigenvalue weighted by Gasteiger charge is 2.37. The van der Waals surface area contributed by atoms with Gasteiger partial charge in [0.05, 0.1) is 11.6 Å². The van der Waals surface area contributed by atoms with Gasteiger partial charge in [-0.25, -0.2) is 0 Å². The van der Waals surface area contributed by atoms with Crippen LogP contribution in [0.25, 0.3) is 11.4 Å². The Kier molecular flexibility index (Phi) is 4.69.